The quantitative estimate of drug-likeness (QED) is 0.923. The molecule has 0 bridgehead atoms. The Morgan fingerprint density at radius 3 is 2.82 bits per heavy atom. The molecule has 0 aliphatic heterocycles. The summed E-state index contributed by atoms with van der Waals surface area (Å²) in [5.74, 6) is -0.528. The summed E-state index contributed by atoms with van der Waals surface area (Å²) < 4.78 is 0. The van der Waals surface area contributed by atoms with Crippen molar-refractivity contribution in [2.45, 2.75) is 18.8 Å². The number of thiazole rings is 1. The molecule has 17 heavy (non-hydrogen) atoms. The predicted octanol–water partition coefficient (Wildman–Crippen LogP) is 4.10. The molecule has 2 heterocycles. The molecular formula is C11H8ClNO2S2. The van der Waals surface area contributed by atoms with Crippen molar-refractivity contribution in [1.82, 2.24) is 4.98 Å². The second-order valence-electron chi connectivity index (χ2n) is 3.94. The smallest absolute Gasteiger partial charge is 0.347 e. The molecule has 0 unspecified atom stereocenters. The highest BCUT2D eigenvalue weighted by atomic mass is 35.5. The lowest BCUT2D eigenvalue weighted by atomic mass is 10.2. The monoisotopic (exact) mass is 285 g/mol. The van der Waals surface area contributed by atoms with E-state index in [4.69, 9.17) is 16.7 Å². The molecule has 0 radical (unpaired) electrons. The van der Waals surface area contributed by atoms with Gasteiger partial charge in [0, 0.05) is 11.3 Å². The minimum Gasteiger partial charge on any atom is -0.477 e. The first-order chi connectivity index (χ1) is 8.15. The van der Waals surface area contributed by atoms with Gasteiger partial charge in [0.1, 0.15) is 9.88 Å². The van der Waals surface area contributed by atoms with Gasteiger partial charge in [-0.2, -0.15) is 0 Å². The fourth-order valence-electron chi connectivity index (χ4n) is 1.65. The van der Waals surface area contributed by atoms with E-state index in [-0.39, 0.29) is 0 Å². The van der Waals surface area contributed by atoms with E-state index in [1.54, 1.807) is 0 Å². The zero-order valence-electron chi connectivity index (χ0n) is 8.64. The Kier molecular flexibility index (Phi) is 2.69. The normalized spacial score (nSPS) is 15.1. The van der Waals surface area contributed by atoms with E-state index >= 15 is 0 Å². The summed E-state index contributed by atoms with van der Waals surface area (Å²) in [4.78, 5) is 16.9. The van der Waals surface area contributed by atoms with Gasteiger partial charge >= 0.3 is 5.97 Å². The number of hydrogen-bond donors (Lipinski definition) is 1. The largest absolute Gasteiger partial charge is 0.477 e. The van der Waals surface area contributed by atoms with Gasteiger partial charge in [0.2, 0.25) is 0 Å². The van der Waals surface area contributed by atoms with Crippen molar-refractivity contribution in [3.8, 4) is 9.88 Å². The van der Waals surface area contributed by atoms with Crippen molar-refractivity contribution >= 4 is 40.2 Å². The van der Waals surface area contributed by atoms with Crippen molar-refractivity contribution in [2.24, 2.45) is 0 Å². The minimum atomic E-state index is -0.877. The van der Waals surface area contributed by atoms with E-state index in [1.807, 2.05) is 11.4 Å². The first-order valence-electron chi connectivity index (χ1n) is 5.13. The lowest BCUT2D eigenvalue weighted by molar-refractivity contribution is 0.0700. The maximum atomic E-state index is 11.2. The number of carbonyl (C=O) groups is 1. The van der Waals surface area contributed by atoms with Gasteiger partial charge in [-0.1, -0.05) is 11.6 Å². The number of hydrogen-bond acceptors (Lipinski definition) is 4. The van der Waals surface area contributed by atoms with Gasteiger partial charge in [0.25, 0.3) is 0 Å². The first kappa shape index (κ1) is 11.2. The van der Waals surface area contributed by atoms with E-state index < -0.39 is 5.97 Å². The van der Waals surface area contributed by atoms with Gasteiger partial charge in [-0.3, -0.25) is 0 Å². The average Bonchev–Trinajstić information content (AvgIpc) is 2.87. The summed E-state index contributed by atoms with van der Waals surface area (Å²) in [6.45, 7) is 0. The predicted molar refractivity (Wildman–Crippen MR) is 69.4 cm³/mol. The second-order valence-corrected chi connectivity index (χ2v) is 6.29. The minimum absolute atomic E-state index is 0.349. The molecule has 1 aliphatic rings. The maximum Gasteiger partial charge on any atom is 0.347 e. The highest BCUT2D eigenvalue weighted by Crippen LogP contribution is 2.45. The van der Waals surface area contributed by atoms with E-state index in [1.165, 1.54) is 22.7 Å². The number of carboxylic acids is 1. The number of rotatable bonds is 3. The summed E-state index contributed by atoms with van der Waals surface area (Å²) in [7, 11) is 0. The van der Waals surface area contributed by atoms with Crippen LogP contribution < -0.4 is 0 Å². The lowest BCUT2D eigenvalue weighted by Crippen LogP contribution is -1.97. The fraction of sp³-hybridized carbons (Fsp3) is 0.273. The van der Waals surface area contributed by atoms with Crippen LogP contribution in [0.4, 0.5) is 0 Å². The second kappa shape index (κ2) is 4.08. The summed E-state index contributed by atoms with van der Waals surface area (Å²) in [5.41, 5.74) is 0.752. The highest BCUT2D eigenvalue weighted by molar-refractivity contribution is 7.22. The summed E-state index contributed by atoms with van der Waals surface area (Å²) >= 11 is 8.60. The zero-order chi connectivity index (χ0) is 12.0. The molecule has 1 saturated carbocycles. The molecule has 0 spiro atoms. The zero-order valence-corrected chi connectivity index (χ0v) is 11.0. The third-order valence-electron chi connectivity index (χ3n) is 2.59. The fourth-order valence-corrected chi connectivity index (χ4v) is 3.78. The van der Waals surface area contributed by atoms with E-state index in [0.29, 0.717) is 15.8 Å². The molecule has 3 nitrogen and oxygen atoms in total. The van der Waals surface area contributed by atoms with Crippen LogP contribution in [0, 0.1) is 0 Å². The van der Waals surface area contributed by atoms with Gasteiger partial charge in [-0.05, 0) is 18.9 Å². The summed E-state index contributed by atoms with van der Waals surface area (Å²) in [6, 6.07) is 1.83. The number of aromatic nitrogens is 1. The molecule has 0 amide bonds. The van der Waals surface area contributed by atoms with Crippen LogP contribution in [0.3, 0.4) is 0 Å². The Labute approximate surface area is 111 Å². The average molecular weight is 286 g/mol. The number of aromatic carboxylic acids is 1. The number of thiophene rings is 1. The molecule has 0 aromatic carbocycles. The van der Waals surface area contributed by atoms with Crippen LogP contribution >= 0.6 is 34.3 Å². The van der Waals surface area contributed by atoms with E-state index in [2.05, 4.69) is 4.98 Å². The van der Waals surface area contributed by atoms with Crippen LogP contribution in [0.15, 0.2) is 11.4 Å². The van der Waals surface area contributed by atoms with Crippen molar-refractivity contribution in [3.05, 3.63) is 27.0 Å². The standard InChI is InChI=1S/C11H8ClNO2S2/c12-6-3-7(16-4-6)10-13-8(5-1-2-5)9(17-10)11(14)15/h3-5H,1-2H2,(H,14,15). The molecule has 6 heteroatoms. The summed E-state index contributed by atoms with van der Waals surface area (Å²) in [6.07, 6.45) is 2.10. The Bertz CT molecular complexity index is 586. The molecule has 1 N–H and O–H groups in total. The number of nitrogens with zero attached hydrogens (tertiary/aromatic N) is 1. The highest BCUT2D eigenvalue weighted by Gasteiger charge is 2.32. The molecule has 0 saturated heterocycles. The van der Waals surface area contributed by atoms with Crippen molar-refractivity contribution < 1.29 is 9.90 Å². The van der Waals surface area contributed by atoms with Crippen molar-refractivity contribution in [2.75, 3.05) is 0 Å². The summed E-state index contributed by atoms with van der Waals surface area (Å²) in [5, 5.41) is 12.4. The molecule has 0 atom stereocenters. The molecule has 1 fully saturated rings. The maximum absolute atomic E-state index is 11.2. The molecular weight excluding hydrogens is 278 g/mol. The van der Waals surface area contributed by atoms with Crippen molar-refractivity contribution in [1.29, 1.82) is 0 Å². The molecule has 2 aromatic heterocycles. The Hall–Kier alpha value is -0.910. The van der Waals surface area contributed by atoms with Crippen LogP contribution in [0.2, 0.25) is 5.02 Å². The molecule has 3 rings (SSSR count). The Morgan fingerprint density at radius 1 is 1.53 bits per heavy atom. The number of halogens is 1. The van der Waals surface area contributed by atoms with Crippen LogP contribution in [0.1, 0.15) is 34.1 Å². The van der Waals surface area contributed by atoms with Gasteiger partial charge in [-0.25, -0.2) is 9.78 Å². The van der Waals surface area contributed by atoms with Gasteiger partial charge in [0.15, 0.2) is 0 Å². The third-order valence-corrected chi connectivity index (χ3v) is 5.10. The first-order valence-corrected chi connectivity index (χ1v) is 7.21. The Balaban J connectivity index is 2.06. The van der Waals surface area contributed by atoms with Gasteiger partial charge in [0.05, 0.1) is 15.6 Å². The number of carboxylic acid groups (broad SMARTS) is 1. The van der Waals surface area contributed by atoms with Gasteiger partial charge < -0.3 is 5.11 Å². The molecule has 2 aromatic rings. The lowest BCUT2D eigenvalue weighted by Gasteiger charge is -1.91. The third kappa shape index (κ3) is 2.10. The van der Waals surface area contributed by atoms with Crippen molar-refractivity contribution in [3.63, 3.8) is 0 Å². The topological polar surface area (TPSA) is 50.2 Å². The van der Waals surface area contributed by atoms with Crippen LogP contribution in [-0.4, -0.2) is 16.1 Å². The molecule has 88 valence electrons. The van der Waals surface area contributed by atoms with Crippen LogP contribution in [0.25, 0.3) is 9.88 Å². The SMILES string of the molecule is O=C(O)c1sc(-c2cc(Cl)cs2)nc1C1CC1. The van der Waals surface area contributed by atoms with E-state index in [0.717, 1.165) is 28.4 Å². The van der Waals surface area contributed by atoms with E-state index in [9.17, 15) is 4.79 Å². The molecule has 1 aliphatic carbocycles. The van der Waals surface area contributed by atoms with Crippen LogP contribution in [0.5, 0.6) is 0 Å². The Morgan fingerprint density at radius 2 is 2.29 bits per heavy atom. The van der Waals surface area contributed by atoms with Gasteiger partial charge in [-0.15, -0.1) is 22.7 Å². The van der Waals surface area contributed by atoms with Crippen LogP contribution in [-0.2, 0) is 0 Å².